The molecule has 1 aromatic carbocycles. The van der Waals surface area contributed by atoms with E-state index in [9.17, 15) is 19.5 Å². The summed E-state index contributed by atoms with van der Waals surface area (Å²) in [5.74, 6) is -1.24. The fraction of sp³-hybridized carbons (Fsp3) is 0.500. The second-order valence-corrected chi connectivity index (χ2v) is 7.63. The van der Waals surface area contributed by atoms with Crippen molar-refractivity contribution in [3.8, 4) is 0 Å². The first-order chi connectivity index (χ1) is 14.5. The third kappa shape index (κ3) is 4.99. The fourth-order valence-corrected chi connectivity index (χ4v) is 3.96. The van der Waals surface area contributed by atoms with Crippen LogP contribution >= 0.6 is 0 Å². The number of benzene rings is 1. The highest BCUT2D eigenvalue weighted by Gasteiger charge is 2.35. The van der Waals surface area contributed by atoms with Crippen LogP contribution in [0.4, 0.5) is 5.69 Å². The van der Waals surface area contributed by atoms with Gasteiger partial charge in [-0.05, 0) is 25.0 Å². The summed E-state index contributed by atoms with van der Waals surface area (Å²) >= 11 is 0. The Morgan fingerprint density at radius 3 is 2.53 bits per heavy atom. The van der Waals surface area contributed by atoms with Gasteiger partial charge >= 0.3 is 5.97 Å². The summed E-state index contributed by atoms with van der Waals surface area (Å²) in [7, 11) is 1.25. The van der Waals surface area contributed by atoms with Gasteiger partial charge in [0.15, 0.2) is 0 Å². The van der Waals surface area contributed by atoms with Gasteiger partial charge in [-0.2, -0.15) is 0 Å². The number of carbonyl (C=O) groups is 3. The molecular formula is C22H29N3O5. The second kappa shape index (κ2) is 10.2. The van der Waals surface area contributed by atoms with Crippen molar-refractivity contribution >= 4 is 23.5 Å². The first-order valence-corrected chi connectivity index (χ1v) is 10.4. The van der Waals surface area contributed by atoms with E-state index in [2.05, 4.69) is 10.6 Å². The normalized spacial score (nSPS) is 17.7. The zero-order valence-electron chi connectivity index (χ0n) is 17.3. The molecule has 1 aliphatic heterocycles. The molecule has 1 aromatic rings. The monoisotopic (exact) mass is 415 g/mol. The van der Waals surface area contributed by atoms with Gasteiger partial charge in [0.25, 0.3) is 11.8 Å². The van der Waals surface area contributed by atoms with E-state index in [1.807, 2.05) is 0 Å². The van der Waals surface area contributed by atoms with Gasteiger partial charge in [0.05, 0.1) is 37.1 Å². The molecule has 2 amide bonds. The summed E-state index contributed by atoms with van der Waals surface area (Å²) in [5, 5.41) is 15.3. The highest BCUT2D eigenvalue weighted by Crippen LogP contribution is 2.25. The Hall–Kier alpha value is -2.87. The molecule has 1 fully saturated rings. The van der Waals surface area contributed by atoms with Crippen LogP contribution in [0.1, 0.15) is 48.9 Å². The number of nitrogens with one attached hydrogen (secondary N) is 2. The number of nitrogens with zero attached hydrogens (tertiary/aromatic N) is 1. The van der Waals surface area contributed by atoms with Crippen molar-refractivity contribution in [1.82, 2.24) is 10.2 Å². The fourth-order valence-electron chi connectivity index (χ4n) is 3.96. The summed E-state index contributed by atoms with van der Waals surface area (Å²) in [6.45, 7) is -0.0625. The predicted octanol–water partition coefficient (Wildman–Crippen LogP) is 1.81. The standard InChI is InChI=1S/C22H29N3O5/c1-30-22(29)17-14-25(12-13-26)21(28)19(17)24-18-11-7-6-10-16(18)20(27)23-15-8-4-2-3-5-9-15/h6-7,10-11,15,24,26H,2-5,8-9,12-14H2,1H3,(H,23,27). The quantitative estimate of drug-likeness (QED) is 0.463. The van der Waals surface area contributed by atoms with E-state index in [0.29, 0.717) is 11.3 Å². The number of amides is 2. The molecule has 8 heteroatoms. The molecule has 0 bridgehead atoms. The number of anilines is 1. The number of hydrogen-bond donors (Lipinski definition) is 3. The summed E-state index contributed by atoms with van der Waals surface area (Å²) in [6.07, 6.45) is 6.54. The van der Waals surface area contributed by atoms with Gasteiger partial charge in [-0.1, -0.05) is 37.8 Å². The van der Waals surface area contributed by atoms with E-state index in [1.165, 1.54) is 24.9 Å². The molecule has 0 spiro atoms. The molecule has 0 radical (unpaired) electrons. The van der Waals surface area contributed by atoms with Crippen LogP contribution in [-0.2, 0) is 14.3 Å². The van der Waals surface area contributed by atoms with Gasteiger partial charge in [-0.15, -0.1) is 0 Å². The molecule has 3 N–H and O–H groups in total. The number of carbonyl (C=O) groups excluding carboxylic acids is 3. The molecule has 30 heavy (non-hydrogen) atoms. The Morgan fingerprint density at radius 1 is 1.17 bits per heavy atom. The molecule has 1 heterocycles. The van der Waals surface area contributed by atoms with Crippen LogP contribution in [0.2, 0.25) is 0 Å². The van der Waals surface area contributed by atoms with E-state index in [1.54, 1.807) is 24.3 Å². The topological polar surface area (TPSA) is 108 Å². The first kappa shape index (κ1) is 21.8. The average molecular weight is 415 g/mol. The number of esters is 1. The van der Waals surface area contributed by atoms with Crippen molar-refractivity contribution in [1.29, 1.82) is 0 Å². The smallest absolute Gasteiger partial charge is 0.337 e. The first-order valence-electron chi connectivity index (χ1n) is 10.4. The third-order valence-corrected chi connectivity index (χ3v) is 5.58. The molecule has 0 atom stereocenters. The zero-order chi connectivity index (χ0) is 21.5. The van der Waals surface area contributed by atoms with E-state index in [-0.39, 0.29) is 42.9 Å². The van der Waals surface area contributed by atoms with Crippen LogP contribution in [0, 0.1) is 0 Å². The SMILES string of the molecule is COC(=O)C1=C(Nc2ccccc2C(=O)NC2CCCCCC2)C(=O)N(CCO)C1. The number of ether oxygens (including phenoxy) is 1. The van der Waals surface area contributed by atoms with Crippen LogP contribution in [0.5, 0.6) is 0 Å². The number of para-hydroxylation sites is 1. The van der Waals surface area contributed by atoms with Gasteiger partial charge in [0.2, 0.25) is 0 Å². The van der Waals surface area contributed by atoms with Crippen molar-refractivity contribution < 1.29 is 24.2 Å². The molecule has 8 nitrogen and oxygen atoms in total. The van der Waals surface area contributed by atoms with Crippen molar-refractivity contribution in [2.75, 3.05) is 32.1 Å². The Bertz CT molecular complexity index is 828. The highest BCUT2D eigenvalue weighted by molar-refractivity contribution is 6.09. The molecule has 2 aliphatic rings. The maximum absolute atomic E-state index is 13.0. The van der Waals surface area contributed by atoms with Crippen LogP contribution in [0.25, 0.3) is 0 Å². The lowest BCUT2D eigenvalue weighted by Crippen LogP contribution is -2.35. The van der Waals surface area contributed by atoms with Crippen molar-refractivity contribution in [2.45, 2.75) is 44.6 Å². The Labute approximate surface area is 176 Å². The lowest BCUT2D eigenvalue weighted by molar-refractivity contribution is -0.136. The lowest BCUT2D eigenvalue weighted by Gasteiger charge is -2.19. The maximum Gasteiger partial charge on any atom is 0.337 e. The highest BCUT2D eigenvalue weighted by atomic mass is 16.5. The van der Waals surface area contributed by atoms with Crippen LogP contribution in [0.15, 0.2) is 35.5 Å². The molecule has 1 aliphatic carbocycles. The molecule has 0 saturated heterocycles. The molecular weight excluding hydrogens is 386 g/mol. The van der Waals surface area contributed by atoms with Gasteiger partial charge in [0.1, 0.15) is 5.70 Å². The minimum atomic E-state index is -0.619. The minimum absolute atomic E-state index is 0.0465. The number of methoxy groups -OCH3 is 1. The summed E-state index contributed by atoms with van der Waals surface area (Å²) in [5.41, 5.74) is 1.10. The van der Waals surface area contributed by atoms with Crippen molar-refractivity contribution in [3.63, 3.8) is 0 Å². The van der Waals surface area contributed by atoms with Crippen LogP contribution < -0.4 is 10.6 Å². The number of aliphatic hydroxyl groups excluding tert-OH is 1. The summed E-state index contributed by atoms with van der Waals surface area (Å²) in [4.78, 5) is 39.3. The van der Waals surface area contributed by atoms with Crippen molar-refractivity contribution in [3.05, 3.63) is 41.1 Å². The molecule has 162 valence electrons. The Balaban J connectivity index is 1.82. The van der Waals surface area contributed by atoms with Crippen molar-refractivity contribution in [2.24, 2.45) is 0 Å². The number of aliphatic hydroxyl groups is 1. The summed E-state index contributed by atoms with van der Waals surface area (Å²) < 4.78 is 4.81. The maximum atomic E-state index is 13.0. The van der Waals surface area contributed by atoms with Gasteiger partial charge in [-0.3, -0.25) is 9.59 Å². The third-order valence-electron chi connectivity index (χ3n) is 5.58. The van der Waals surface area contributed by atoms with Crippen LogP contribution in [-0.4, -0.2) is 60.6 Å². The van der Waals surface area contributed by atoms with Gasteiger partial charge < -0.3 is 25.4 Å². The molecule has 1 saturated carbocycles. The van der Waals surface area contributed by atoms with Gasteiger partial charge in [0, 0.05) is 12.6 Å². The van der Waals surface area contributed by atoms with Crippen LogP contribution in [0.3, 0.4) is 0 Å². The average Bonchev–Trinajstić information content (AvgIpc) is 2.91. The predicted molar refractivity (Wildman–Crippen MR) is 112 cm³/mol. The van der Waals surface area contributed by atoms with E-state index < -0.39 is 11.9 Å². The van der Waals surface area contributed by atoms with Gasteiger partial charge in [-0.25, -0.2) is 4.79 Å². The van der Waals surface area contributed by atoms with E-state index >= 15 is 0 Å². The second-order valence-electron chi connectivity index (χ2n) is 7.63. The number of β-amino-alcohol motifs (C(OH)–C–C–N with tert-alkyl or cyclic N) is 1. The zero-order valence-corrected chi connectivity index (χ0v) is 17.3. The number of hydrogen-bond acceptors (Lipinski definition) is 6. The Morgan fingerprint density at radius 2 is 1.87 bits per heavy atom. The molecule has 3 rings (SSSR count). The largest absolute Gasteiger partial charge is 0.466 e. The molecule has 0 unspecified atom stereocenters. The summed E-state index contributed by atoms with van der Waals surface area (Å²) in [6, 6.07) is 7.06. The molecule has 0 aromatic heterocycles. The Kier molecular flexibility index (Phi) is 7.46. The lowest BCUT2D eigenvalue weighted by atomic mass is 10.1. The minimum Gasteiger partial charge on any atom is -0.466 e. The van der Waals surface area contributed by atoms with E-state index in [0.717, 1.165) is 25.7 Å². The number of rotatable bonds is 7. The van der Waals surface area contributed by atoms with E-state index in [4.69, 9.17) is 4.74 Å².